The highest BCUT2D eigenvalue weighted by molar-refractivity contribution is 7.09. The Kier molecular flexibility index (Phi) is 3.35. The molecular formula is C15H18N2S. The second-order valence-corrected chi connectivity index (χ2v) is 5.84. The Bertz CT molecular complexity index is 503. The zero-order chi connectivity index (χ0) is 12.4. The van der Waals surface area contributed by atoms with Gasteiger partial charge in [0.05, 0.1) is 6.54 Å². The number of benzene rings is 1. The van der Waals surface area contributed by atoms with E-state index < -0.39 is 0 Å². The summed E-state index contributed by atoms with van der Waals surface area (Å²) >= 11 is 1.83. The molecule has 0 saturated heterocycles. The number of hydrogen-bond acceptors (Lipinski definition) is 3. The first-order chi connectivity index (χ1) is 8.86. The van der Waals surface area contributed by atoms with Crippen LogP contribution in [0.25, 0.3) is 0 Å². The van der Waals surface area contributed by atoms with Gasteiger partial charge < -0.3 is 10.6 Å². The maximum Gasteiger partial charge on any atom is 0.0525 e. The molecule has 0 spiro atoms. The van der Waals surface area contributed by atoms with Gasteiger partial charge in [-0.15, -0.1) is 11.3 Å². The van der Waals surface area contributed by atoms with Crippen LogP contribution in [0.5, 0.6) is 0 Å². The molecule has 2 nitrogen and oxygen atoms in total. The molecule has 3 rings (SSSR count). The molecule has 1 saturated carbocycles. The molecule has 1 aliphatic carbocycles. The molecule has 3 heteroatoms. The largest absolute Gasteiger partial charge is 0.363 e. The Morgan fingerprint density at radius 1 is 1.22 bits per heavy atom. The van der Waals surface area contributed by atoms with Crippen LogP contribution in [0, 0.1) is 0 Å². The molecule has 0 aliphatic heterocycles. The molecule has 2 N–H and O–H groups in total. The molecule has 2 aromatic rings. The van der Waals surface area contributed by atoms with E-state index in [1.54, 1.807) is 0 Å². The molecule has 0 bridgehead atoms. The Labute approximate surface area is 112 Å². The Balaban J connectivity index is 1.84. The van der Waals surface area contributed by atoms with Crippen LogP contribution in [0.4, 0.5) is 5.69 Å². The molecule has 1 fully saturated rings. The zero-order valence-corrected chi connectivity index (χ0v) is 11.2. The number of thiophene rings is 1. The maximum atomic E-state index is 5.73. The van der Waals surface area contributed by atoms with Gasteiger partial charge in [-0.1, -0.05) is 18.2 Å². The third-order valence-corrected chi connectivity index (χ3v) is 4.23. The van der Waals surface area contributed by atoms with Crippen molar-refractivity contribution >= 4 is 17.0 Å². The summed E-state index contributed by atoms with van der Waals surface area (Å²) < 4.78 is 0. The molecule has 0 radical (unpaired) electrons. The van der Waals surface area contributed by atoms with Gasteiger partial charge in [-0.05, 0) is 42.0 Å². The predicted molar refractivity (Wildman–Crippen MR) is 77.9 cm³/mol. The number of rotatable bonds is 5. The van der Waals surface area contributed by atoms with E-state index in [0.29, 0.717) is 6.54 Å². The first-order valence-electron chi connectivity index (χ1n) is 6.45. The van der Waals surface area contributed by atoms with Gasteiger partial charge in [0.15, 0.2) is 0 Å². The Morgan fingerprint density at radius 2 is 2.11 bits per heavy atom. The summed E-state index contributed by atoms with van der Waals surface area (Å²) in [5, 5.41) is 2.15. The van der Waals surface area contributed by atoms with E-state index in [2.05, 4.69) is 46.7 Å². The highest BCUT2D eigenvalue weighted by atomic mass is 32.1. The van der Waals surface area contributed by atoms with E-state index in [-0.39, 0.29) is 0 Å². The first-order valence-corrected chi connectivity index (χ1v) is 7.33. The summed E-state index contributed by atoms with van der Waals surface area (Å²) in [7, 11) is 0. The molecular weight excluding hydrogens is 240 g/mol. The third-order valence-electron chi connectivity index (χ3n) is 3.37. The fraction of sp³-hybridized carbons (Fsp3) is 0.333. The average Bonchev–Trinajstić information content (AvgIpc) is 3.13. The number of nitrogens with two attached hydrogens (primary N) is 1. The minimum Gasteiger partial charge on any atom is -0.363 e. The average molecular weight is 258 g/mol. The molecule has 0 atom stereocenters. The summed E-state index contributed by atoms with van der Waals surface area (Å²) in [6.07, 6.45) is 2.64. The lowest BCUT2D eigenvalue weighted by Gasteiger charge is -2.24. The van der Waals surface area contributed by atoms with Crippen LogP contribution in [-0.4, -0.2) is 6.04 Å². The SMILES string of the molecule is NCc1cccc(N(Cc2cccs2)C2CC2)c1. The van der Waals surface area contributed by atoms with Crippen LogP contribution in [-0.2, 0) is 13.1 Å². The summed E-state index contributed by atoms with van der Waals surface area (Å²) in [5.74, 6) is 0. The second-order valence-electron chi connectivity index (χ2n) is 4.81. The summed E-state index contributed by atoms with van der Waals surface area (Å²) in [6, 6.07) is 13.7. The zero-order valence-electron chi connectivity index (χ0n) is 10.4. The van der Waals surface area contributed by atoms with Crippen molar-refractivity contribution in [1.29, 1.82) is 0 Å². The molecule has 18 heavy (non-hydrogen) atoms. The van der Waals surface area contributed by atoms with Gasteiger partial charge in [-0.2, -0.15) is 0 Å². The van der Waals surface area contributed by atoms with E-state index in [4.69, 9.17) is 5.73 Å². The Hall–Kier alpha value is -1.32. The normalized spacial score (nSPS) is 14.7. The van der Waals surface area contributed by atoms with Gasteiger partial charge >= 0.3 is 0 Å². The highest BCUT2D eigenvalue weighted by Crippen LogP contribution is 2.34. The minimum atomic E-state index is 0.616. The van der Waals surface area contributed by atoms with Crippen molar-refractivity contribution < 1.29 is 0 Å². The van der Waals surface area contributed by atoms with Gasteiger partial charge in [0, 0.05) is 23.2 Å². The van der Waals surface area contributed by atoms with Gasteiger partial charge in [0.25, 0.3) is 0 Å². The number of hydrogen-bond donors (Lipinski definition) is 1. The molecule has 1 aromatic carbocycles. The van der Waals surface area contributed by atoms with E-state index >= 15 is 0 Å². The number of anilines is 1. The second kappa shape index (κ2) is 5.12. The van der Waals surface area contributed by atoms with Crippen LogP contribution >= 0.6 is 11.3 Å². The fourth-order valence-electron chi connectivity index (χ4n) is 2.25. The van der Waals surface area contributed by atoms with Crippen LogP contribution in [0.15, 0.2) is 41.8 Å². The molecule has 94 valence electrons. The molecule has 0 amide bonds. The van der Waals surface area contributed by atoms with Gasteiger partial charge in [0.2, 0.25) is 0 Å². The quantitative estimate of drug-likeness (QED) is 0.891. The summed E-state index contributed by atoms with van der Waals surface area (Å²) in [6.45, 7) is 1.64. The van der Waals surface area contributed by atoms with Gasteiger partial charge in [-0.25, -0.2) is 0 Å². The predicted octanol–water partition coefficient (Wildman–Crippen LogP) is 3.38. The smallest absolute Gasteiger partial charge is 0.0525 e. The highest BCUT2D eigenvalue weighted by Gasteiger charge is 2.29. The van der Waals surface area contributed by atoms with Crippen LogP contribution in [0.2, 0.25) is 0 Å². The number of nitrogens with zero attached hydrogens (tertiary/aromatic N) is 1. The van der Waals surface area contributed by atoms with Crippen molar-refractivity contribution in [2.24, 2.45) is 5.73 Å². The van der Waals surface area contributed by atoms with Crippen molar-refractivity contribution in [1.82, 2.24) is 0 Å². The lowest BCUT2D eigenvalue weighted by molar-refractivity contribution is 0.802. The summed E-state index contributed by atoms with van der Waals surface area (Å²) in [5.41, 5.74) is 8.26. The lowest BCUT2D eigenvalue weighted by atomic mass is 10.2. The topological polar surface area (TPSA) is 29.3 Å². The van der Waals surface area contributed by atoms with E-state index in [9.17, 15) is 0 Å². The van der Waals surface area contributed by atoms with Gasteiger partial charge in [0.1, 0.15) is 0 Å². The third kappa shape index (κ3) is 2.57. The molecule has 1 aliphatic rings. The van der Waals surface area contributed by atoms with Crippen molar-refractivity contribution in [2.45, 2.75) is 32.0 Å². The van der Waals surface area contributed by atoms with Crippen molar-refractivity contribution in [3.05, 3.63) is 52.2 Å². The molecule has 0 unspecified atom stereocenters. The standard InChI is InChI=1S/C15H18N2S/c16-10-12-3-1-4-14(9-12)17(13-6-7-13)11-15-5-2-8-18-15/h1-5,8-9,13H,6-7,10-11,16H2. The van der Waals surface area contributed by atoms with E-state index in [1.807, 2.05) is 11.3 Å². The van der Waals surface area contributed by atoms with Gasteiger partial charge in [-0.3, -0.25) is 0 Å². The first kappa shape index (κ1) is 11.8. The van der Waals surface area contributed by atoms with Crippen molar-refractivity contribution in [2.75, 3.05) is 4.90 Å². The Morgan fingerprint density at radius 3 is 2.78 bits per heavy atom. The minimum absolute atomic E-state index is 0.616. The van der Waals surface area contributed by atoms with E-state index in [0.717, 1.165) is 12.6 Å². The van der Waals surface area contributed by atoms with Crippen LogP contribution in [0.1, 0.15) is 23.3 Å². The fourth-order valence-corrected chi connectivity index (χ4v) is 2.95. The monoisotopic (exact) mass is 258 g/mol. The maximum absolute atomic E-state index is 5.73. The van der Waals surface area contributed by atoms with Crippen LogP contribution < -0.4 is 10.6 Å². The summed E-state index contributed by atoms with van der Waals surface area (Å²) in [4.78, 5) is 3.95. The van der Waals surface area contributed by atoms with E-state index in [1.165, 1.54) is 29.0 Å². The molecule has 1 aromatic heterocycles. The van der Waals surface area contributed by atoms with Crippen molar-refractivity contribution in [3.63, 3.8) is 0 Å². The molecule has 1 heterocycles. The van der Waals surface area contributed by atoms with Crippen LogP contribution in [0.3, 0.4) is 0 Å². The van der Waals surface area contributed by atoms with Crippen molar-refractivity contribution in [3.8, 4) is 0 Å². The lowest BCUT2D eigenvalue weighted by Crippen LogP contribution is -2.24.